The second-order valence-corrected chi connectivity index (χ2v) is 8.13. The molecule has 0 unspecified atom stereocenters. The van der Waals surface area contributed by atoms with Crippen molar-refractivity contribution in [2.24, 2.45) is 5.92 Å². The molecule has 150 valence electrons. The lowest BCUT2D eigenvalue weighted by Gasteiger charge is -2.34. The van der Waals surface area contributed by atoms with Gasteiger partial charge in [-0.3, -0.25) is 14.6 Å². The molecule has 27 heavy (non-hydrogen) atoms. The number of nitrogens with zero attached hydrogens (tertiary/aromatic N) is 2. The van der Waals surface area contributed by atoms with Crippen LogP contribution < -0.4 is 5.32 Å². The molecule has 2 heterocycles. The monoisotopic (exact) mass is 373 g/mol. The number of aliphatic hydroxyl groups is 1. The molecule has 1 amide bonds. The van der Waals surface area contributed by atoms with Crippen molar-refractivity contribution in [1.82, 2.24) is 15.1 Å². The molecule has 1 atom stereocenters. The molecule has 0 bridgehead atoms. The van der Waals surface area contributed by atoms with Gasteiger partial charge in [0, 0.05) is 32.1 Å². The van der Waals surface area contributed by atoms with Gasteiger partial charge in [0.25, 0.3) is 0 Å². The van der Waals surface area contributed by atoms with Crippen LogP contribution in [0.25, 0.3) is 0 Å². The summed E-state index contributed by atoms with van der Waals surface area (Å²) in [6.45, 7) is 6.00. The summed E-state index contributed by atoms with van der Waals surface area (Å²) in [7, 11) is 0. The van der Waals surface area contributed by atoms with Crippen molar-refractivity contribution in [1.29, 1.82) is 0 Å². The summed E-state index contributed by atoms with van der Waals surface area (Å²) in [6, 6.07) is 10.9. The predicted octanol–water partition coefficient (Wildman–Crippen LogP) is 2.25. The van der Waals surface area contributed by atoms with E-state index in [-0.39, 0.29) is 18.6 Å². The Hall–Kier alpha value is -1.43. The topological polar surface area (TPSA) is 55.8 Å². The van der Waals surface area contributed by atoms with Crippen LogP contribution in [0.4, 0.5) is 0 Å². The third-order valence-corrected chi connectivity index (χ3v) is 6.11. The highest BCUT2D eigenvalue weighted by atomic mass is 16.3. The fourth-order valence-electron chi connectivity index (χ4n) is 4.42. The van der Waals surface area contributed by atoms with Gasteiger partial charge >= 0.3 is 0 Å². The second kappa shape index (κ2) is 10.8. The van der Waals surface area contributed by atoms with Crippen molar-refractivity contribution in [2.75, 3.05) is 39.3 Å². The van der Waals surface area contributed by atoms with Gasteiger partial charge in [0.15, 0.2) is 0 Å². The number of nitrogens with one attached hydrogen (secondary N) is 1. The first-order valence-electron chi connectivity index (χ1n) is 10.6. The quantitative estimate of drug-likeness (QED) is 0.734. The van der Waals surface area contributed by atoms with Crippen LogP contribution in [0.5, 0.6) is 0 Å². The van der Waals surface area contributed by atoms with Gasteiger partial charge in [-0.05, 0) is 56.8 Å². The number of hydrogen-bond donors (Lipinski definition) is 2. The number of benzene rings is 1. The minimum atomic E-state index is 0.189. The molecule has 2 aliphatic heterocycles. The molecule has 1 aromatic carbocycles. The van der Waals surface area contributed by atoms with Crippen LogP contribution in [0.2, 0.25) is 0 Å². The average Bonchev–Trinajstić information content (AvgIpc) is 2.71. The van der Waals surface area contributed by atoms with E-state index in [1.807, 2.05) is 0 Å². The Morgan fingerprint density at radius 1 is 1.07 bits per heavy atom. The number of piperidine rings is 2. The van der Waals surface area contributed by atoms with E-state index in [4.69, 9.17) is 0 Å². The molecular weight excluding hydrogens is 338 g/mol. The van der Waals surface area contributed by atoms with Gasteiger partial charge in [0.1, 0.15) is 0 Å². The number of amides is 1. The molecule has 0 spiro atoms. The van der Waals surface area contributed by atoms with Crippen LogP contribution in [0.1, 0.15) is 44.1 Å². The van der Waals surface area contributed by atoms with Gasteiger partial charge in [-0.25, -0.2) is 0 Å². The standard InChI is InChI=1S/C22H35N3O2/c26-18-21-8-4-5-12-25(21)15-11-23-22(27)16-19-9-13-24(14-10-19)17-20-6-2-1-3-7-20/h1-3,6-7,19,21,26H,4-5,8-18H2,(H,23,27)/t21-/m0/s1. The van der Waals surface area contributed by atoms with Crippen LogP contribution in [-0.2, 0) is 11.3 Å². The Balaban J connectivity index is 1.30. The second-order valence-electron chi connectivity index (χ2n) is 8.13. The van der Waals surface area contributed by atoms with Crippen molar-refractivity contribution in [2.45, 2.75) is 51.1 Å². The van der Waals surface area contributed by atoms with Crippen LogP contribution in [0.15, 0.2) is 30.3 Å². The fraction of sp³-hybridized carbons (Fsp3) is 0.682. The maximum absolute atomic E-state index is 12.3. The van der Waals surface area contributed by atoms with E-state index in [9.17, 15) is 9.90 Å². The first kappa shape index (κ1) is 20.3. The maximum atomic E-state index is 12.3. The predicted molar refractivity (Wildman–Crippen MR) is 108 cm³/mol. The number of carbonyl (C=O) groups is 1. The first-order chi connectivity index (χ1) is 13.2. The number of aliphatic hydroxyl groups excluding tert-OH is 1. The van der Waals surface area contributed by atoms with Gasteiger partial charge in [-0.1, -0.05) is 36.8 Å². The number of likely N-dealkylation sites (tertiary alicyclic amines) is 2. The zero-order valence-electron chi connectivity index (χ0n) is 16.5. The van der Waals surface area contributed by atoms with E-state index < -0.39 is 0 Å². The minimum Gasteiger partial charge on any atom is -0.395 e. The van der Waals surface area contributed by atoms with Crippen molar-refractivity contribution >= 4 is 5.91 Å². The molecule has 2 aliphatic rings. The Morgan fingerprint density at radius 3 is 2.59 bits per heavy atom. The summed E-state index contributed by atoms with van der Waals surface area (Å²) in [5.41, 5.74) is 1.37. The minimum absolute atomic E-state index is 0.189. The molecule has 0 radical (unpaired) electrons. The Kier molecular flexibility index (Phi) is 8.11. The molecule has 2 N–H and O–H groups in total. The highest BCUT2D eigenvalue weighted by Crippen LogP contribution is 2.22. The maximum Gasteiger partial charge on any atom is 0.220 e. The Bertz CT molecular complexity index is 558. The Morgan fingerprint density at radius 2 is 1.85 bits per heavy atom. The molecule has 2 fully saturated rings. The zero-order valence-corrected chi connectivity index (χ0v) is 16.5. The zero-order chi connectivity index (χ0) is 18.9. The number of hydrogen-bond acceptors (Lipinski definition) is 4. The molecule has 5 nitrogen and oxygen atoms in total. The lowest BCUT2D eigenvalue weighted by atomic mass is 9.93. The fourth-order valence-corrected chi connectivity index (χ4v) is 4.42. The smallest absolute Gasteiger partial charge is 0.220 e. The van der Waals surface area contributed by atoms with Crippen LogP contribution in [-0.4, -0.2) is 66.2 Å². The van der Waals surface area contributed by atoms with E-state index >= 15 is 0 Å². The largest absolute Gasteiger partial charge is 0.395 e. The van der Waals surface area contributed by atoms with Gasteiger partial charge in [-0.2, -0.15) is 0 Å². The van der Waals surface area contributed by atoms with Gasteiger partial charge < -0.3 is 10.4 Å². The Labute approximate surface area is 163 Å². The van der Waals surface area contributed by atoms with Crippen LogP contribution in [0, 0.1) is 5.92 Å². The van der Waals surface area contributed by atoms with E-state index in [2.05, 4.69) is 45.4 Å². The molecule has 2 saturated heterocycles. The molecule has 0 aliphatic carbocycles. The van der Waals surface area contributed by atoms with E-state index in [0.717, 1.165) is 52.0 Å². The molecular formula is C22H35N3O2. The first-order valence-corrected chi connectivity index (χ1v) is 10.6. The molecule has 0 saturated carbocycles. The molecule has 5 heteroatoms. The third-order valence-electron chi connectivity index (χ3n) is 6.11. The lowest BCUT2D eigenvalue weighted by Crippen LogP contribution is -2.45. The summed E-state index contributed by atoms with van der Waals surface area (Å²) in [5.74, 6) is 0.700. The molecule has 0 aromatic heterocycles. The normalized spacial score (nSPS) is 22.6. The molecule has 1 aromatic rings. The van der Waals surface area contributed by atoms with E-state index in [1.54, 1.807) is 0 Å². The van der Waals surface area contributed by atoms with Gasteiger partial charge in [0.05, 0.1) is 6.61 Å². The summed E-state index contributed by atoms with van der Waals surface area (Å²) in [4.78, 5) is 17.1. The highest BCUT2D eigenvalue weighted by Gasteiger charge is 2.23. The SMILES string of the molecule is O=C(CC1CCN(Cc2ccccc2)CC1)NCCN1CCCC[C@H]1CO. The molecule has 3 rings (SSSR count). The summed E-state index contributed by atoms with van der Waals surface area (Å²) >= 11 is 0. The lowest BCUT2D eigenvalue weighted by molar-refractivity contribution is -0.122. The summed E-state index contributed by atoms with van der Waals surface area (Å²) in [5, 5.41) is 12.6. The number of rotatable bonds is 8. The van der Waals surface area contributed by atoms with E-state index in [0.29, 0.717) is 18.9 Å². The third kappa shape index (κ3) is 6.59. The van der Waals surface area contributed by atoms with Crippen LogP contribution in [0.3, 0.4) is 0 Å². The van der Waals surface area contributed by atoms with Crippen LogP contribution >= 0.6 is 0 Å². The van der Waals surface area contributed by atoms with Crippen molar-refractivity contribution < 1.29 is 9.90 Å². The van der Waals surface area contributed by atoms with Gasteiger partial charge in [-0.15, -0.1) is 0 Å². The van der Waals surface area contributed by atoms with Crippen molar-refractivity contribution in [3.05, 3.63) is 35.9 Å². The van der Waals surface area contributed by atoms with E-state index in [1.165, 1.54) is 18.4 Å². The van der Waals surface area contributed by atoms with Crippen molar-refractivity contribution in [3.8, 4) is 0 Å². The van der Waals surface area contributed by atoms with Crippen molar-refractivity contribution in [3.63, 3.8) is 0 Å². The highest BCUT2D eigenvalue weighted by molar-refractivity contribution is 5.76. The van der Waals surface area contributed by atoms with Gasteiger partial charge in [0.2, 0.25) is 5.91 Å². The summed E-state index contributed by atoms with van der Waals surface area (Å²) in [6.07, 6.45) is 6.36. The summed E-state index contributed by atoms with van der Waals surface area (Å²) < 4.78 is 0. The average molecular weight is 374 g/mol. The number of carbonyl (C=O) groups excluding carboxylic acids is 1.